The van der Waals surface area contributed by atoms with Gasteiger partial charge >= 0.3 is 0 Å². The summed E-state index contributed by atoms with van der Waals surface area (Å²) in [6.07, 6.45) is 6.18. The molecule has 1 aliphatic heterocycles. The normalized spacial score (nSPS) is 18.4. The molecule has 3 atom stereocenters. The summed E-state index contributed by atoms with van der Waals surface area (Å²) in [6.45, 7) is 6.28. The summed E-state index contributed by atoms with van der Waals surface area (Å²) in [4.78, 5) is 11.0. The summed E-state index contributed by atoms with van der Waals surface area (Å²) >= 11 is 0. The number of ether oxygens (including phenoxy) is 3. The number of benzene rings is 2. The van der Waals surface area contributed by atoms with Crippen LogP contribution >= 0.6 is 0 Å². The molecule has 0 aliphatic carbocycles. The van der Waals surface area contributed by atoms with E-state index in [1.807, 2.05) is 62.4 Å². The van der Waals surface area contributed by atoms with Crippen LogP contribution < -0.4 is 0 Å². The van der Waals surface area contributed by atoms with Crippen LogP contribution in [0.5, 0.6) is 0 Å². The van der Waals surface area contributed by atoms with Gasteiger partial charge in [-0.15, -0.1) is 0 Å². The molecule has 3 rings (SSSR count). The van der Waals surface area contributed by atoms with Crippen molar-refractivity contribution in [1.82, 2.24) is 0 Å². The smallest absolute Gasteiger partial charge is 0.184 e. The number of allylic oxidation sites excluding steroid dienone is 2. The Labute approximate surface area is 210 Å². The largest absolute Gasteiger partial charge is 0.388 e. The van der Waals surface area contributed by atoms with Crippen LogP contribution in [0.1, 0.15) is 85.8 Å². The molecule has 1 aliphatic rings. The van der Waals surface area contributed by atoms with Crippen molar-refractivity contribution in [1.29, 1.82) is 0 Å². The molecule has 4 nitrogen and oxygen atoms in total. The molecular weight excluding hydrogens is 424 g/mol. The van der Waals surface area contributed by atoms with Crippen LogP contribution in [0.2, 0.25) is 0 Å². The Bertz CT molecular complexity index is 728. The van der Waals surface area contributed by atoms with Gasteiger partial charge in [-0.25, -0.2) is 0 Å². The van der Waals surface area contributed by atoms with E-state index in [4.69, 9.17) is 9.47 Å². The number of rotatable bonds is 7. The van der Waals surface area contributed by atoms with E-state index in [1.165, 1.54) is 5.56 Å². The molecule has 0 radical (unpaired) electrons. The van der Waals surface area contributed by atoms with Crippen LogP contribution in [0.4, 0.5) is 0 Å². The van der Waals surface area contributed by atoms with Gasteiger partial charge in [0.05, 0.1) is 12.7 Å². The highest BCUT2D eigenvalue weighted by atomic mass is 16.7. The lowest BCUT2D eigenvalue weighted by Gasteiger charge is -2.36. The molecule has 0 amide bonds. The highest BCUT2D eigenvalue weighted by molar-refractivity contribution is 5.75. The SMILES string of the molecule is C.C.C.CC.CC(=O)CC/C=C\C[C@@H]1CO[C@H](c2ccccc2)O[C@@H]1c1ccccc1.COC. The minimum Gasteiger partial charge on any atom is -0.388 e. The number of carbonyl (C=O) groups is 1. The van der Waals surface area contributed by atoms with Gasteiger partial charge in [-0.1, -0.05) is 109 Å². The van der Waals surface area contributed by atoms with E-state index in [2.05, 4.69) is 29.0 Å². The van der Waals surface area contributed by atoms with E-state index in [9.17, 15) is 4.79 Å². The molecule has 0 saturated carbocycles. The molecule has 1 heterocycles. The Balaban J connectivity index is -0.00000111. The predicted octanol–water partition coefficient (Wildman–Crippen LogP) is 8.60. The molecule has 0 spiro atoms. The first-order valence-corrected chi connectivity index (χ1v) is 11.1. The van der Waals surface area contributed by atoms with Crippen molar-refractivity contribution in [3.8, 4) is 0 Å². The first-order valence-electron chi connectivity index (χ1n) is 11.1. The van der Waals surface area contributed by atoms with E-state index in [-0.39, 0.29) is 46.4 Å². The third kappa shape index (κ3) is 13.4. The molecule has 0 N–H and O–H groups in total. The van der Waals surface area contributed by atoms with Crippen LogP contribution in [0.15, 0.2) is 72.8 Å². The summed E-state index contributed by atoms with van der Waals surface area (Å²) < 4.78 is 16.6. The summed E-state index contributed by atoms with van der Waals surface area (Å²) in [5, 5.41) is 0. The Morgan fingerprint density at radius 1 is 0.912 bits per heavy atom. The van der Waals surface area contributed by atoms with Gasteiger partial charge in [-0.05, 0) is 25.3 Å². The molecule has 1 fully saturated rings. The van der Waals surface area contributed by atoms with Crippen LogP contribution in [0, 0.1) is 5.92 Å². The molecular formula is C30H50O4. The van der Waals surface area contributed by atoms with Crippen LogP contribution in [-0.4, -0.2) is 26.6 Å². The van der Waals surface area contributed by atoms with Crippen LogP contribution in [0.25, 0.3) is 0 Å². The lowest BCUT2D eigenvalue weighted by molar-refractivity contribution is -0.243. The standard InChI is InChI=1S/C23H26O3.C2H6O.C2H6.3CH4/c1-18(24)11-5-2-10-16-21-17-25-23(20-14-8-4-9-15-20)26-22(21)19-12-6-3-7-13-19;1-3-2;1-2;;;/h2-4,6-10,12-15,21-23H,5,11,16-17H2,1H3;1-2H3;1-2H3;3*1H4/b10-2-;;;;;/t21-,22-,23+;;;;;/m1...../s1. The number of ketones is 1. The Morgan fingerprint density at radius 3 is 1.91 bits per heavy atom. The number of methoxy groups -OCH3 is 1. The second kappa shape index (κ2) is 22.5. The third-order valence-electron chi connectivity index (χ3n) is 4.63. The molecule has 4 heteroatoms. The molecule has 0 aromatic heterocycles. The maximum absolute atomic E-state index is 11.0. The minimum atomic E-state index is -0.334. The monoisotopic (exact) mass is 474 g/mol. The van der Waals surface area contributed by atoms with Gasteiger partial charge in [-0.2, -0.15) is 0 Å². The Kier molecular flexibility index (Phi) is 24.0. The van der Waals surface area contributed by atoms with Gasteiger partial charge in [0.2, 0.25) is 0 Å². The van der Waals surface area contributed by atoms with Gasteiger partial charge in [0.25, 0.3) is 0 Å². The zero-order chi connectivity index (χ0) is 22.9. The summed E-state index contributed by atoms with van der Waals surface area (Å²) in [7, 11) is 3.25. The van der Waals surface area contributed by atoms with Crippen molar-refractivity contribution < 1.29 is 19.0 Å². The molecule has 0 bridgehead atoms. The second-order valence-corrected chi connectivity index (χ2v) is 7.16. The number of Topliss-reactive ketones (excluding diaryl/α,β-unsaturated/α-hetero) is 1. The fourth-order valence-corrected chi connectivity index (χ4v) is 3.23. The zero-order valence-corrected chi connectivity index (χ0v) is 19.6. The first kappa shape index (κ1) is 36.3. The van der Waals surface area contributed by atoms with E-state index in [0.717, 1.165) is 18.4 Å². The fourth-order valence-electron chi connectivity index (χ4n) is 3.23. The second-order valence-electron chi connectivity index (χ2n) is 7.16. The van der Waals surface area contributed by atoms with E-state index < -0.39 is 0 Å². The molecule has 1 saturated heterocycles. The average molecular weight is 475 g/mol. The zero-order valence-electron chi connectivity index (χ0n) is 19.6. The number of hydrogen-bond donors (Lipinski definition) is 0. The van der Waals surface area contributed by atoms with Gasteiger partial charge in [0.1, 0.15) is 5.78 Å². The highest BCUT2D eigenvalue weighted by Gasteiger charge is 2.33. The van der Waals surface area contributed by atoms with Crippen molar-refractivity contribution in [2.45, 2.75) is 74.7 Å². The lowest BCUT2D eigenvalue weighted by Crippen LogP contribution is -2.30. The van der Waals surface area contributed by atoms with Gasteiger partial charge in [0, 0.05) is 32.1 Å². The van der Waals surface area contributed by atoms with E-state index in [1.54, 1.807) is 21.1 Å². The van der Waals surface area contributed by atoms with E-state index in [0.29, 0.717) is 13.0 Å². The van der Waals surface area contributed by atoms with Crippen molar-refractivity contribution in [3.63, 3.8) is 0 Å². The summed E-state index contributed by atoms with van der Waals surface area (Å²) in [5.41, 5.74) is 2.22. The molecule has 0 unspecified atom stereocenters. The van der Waals surface area contributed by atoms with E-state index >= 15 is 0 Å². The lowest BCUT2D eigenvalue weighted by atomic mass is 9.92. The maximum Gasteiger partial charge on any atom is 0.184 e. The van der Waals surface area contributed by atoms with Crippen molar-refractivity contribution >= 4 is 5.78 Å². The van der Waals surface area contributed by atoms with Crippen molar-refractivity contribution in [2.75, 3.05) is 20.8 Å². The van der Waals surface area contributed by atoms with Gasteiger partial charge < -0.3 is 19.0 Å². The van der Waals surface area contributed by atoms with Gasteiger partial charge in [0.15, 0.2) is 6.29 Å². The van der Waals surface area contributed by atoms with Crippen molar-refractivity contribution in [3.05, 3.63) is 83.9 Å². The van der Waals surface area contributed by atoms with Crippen LogP contribution in [-0.2, 0) is 19.0 Å². The topological polar surface area (TPSA) is 44.8 Å². The molecule has 194 valence electrons. The Morgan fingerprint density at radius 2 is 1.41 bits per heavy atom. The molecule has 34 heavy (non-hydrogen) atoms. The van der Waals surface area contributed by atoms with Crippen LogP contribution in [0.3, 0.4) is 0 Å². The number of hydrogen-bond acceptors (Lipinski definition) is 4. The summed E-state index contributed by atoms with van der Waals surface area (Å²) in [6, 6.07) is 20.4. The third-order valence-corrected chi connectivity index (χ3v) is 4.63. The van der Waals surface area contributed by atoms with Gasteiger partial charge in [-0.3, -0.25) is 0 Å². The summed E-state index contributed by atoms with van der Waals surface area (Å²) in [5.74, 6) is 0.484. The maximum atomic E-state index is 11.0. The minimum absolute atomic E-state index is 0. The number of carbonyl (C=O) groups excluding carboxylic acids is 1. The molecule has 2 aromatic carbocycles. The molecule has 2 aromatic rings. The first-order chi connectivity index (χ1) is 15.2. The predicted molar refractivity (Wildman–Crippen MR) is 147 cm³/mol. The van der Waals surface area contributed by atoms with Crippen molar-refractivity contribution in [2.24, 2.45) is 5.92 Å². The highest BCUT2D eigenvalue weighted by Crippen LogP contribution is 2.39. The average Bonchev–Trinajstić information content (AvgIpc) is 2.82. The Hall–Kier alpha value is -2.27. The fraction of sp³-hybridized carbons (Fsp3) is 0.500. The quantitative estimate of drug-likeness (QED) is 0.377.